The molecule has 3 N–H and O–H groups in total. The van der Waals surface area contributed by atoms with Crippen LogP contribution in [0.1, 0.15) is 45.1 Å². The fraction of sp³-hybridized carbons (Fsp3) is 0.533. The lowest BCUT2D eigenvalue weighted by molar-refractivity contribution is -0.120. The van der Waals surface area contributed by atoms with Crippen LogP contribution >= 0.6 is 0 Å². The van der Waals surface area contributed by atoms with E-state index in [-0.39, 0.29) is 16.7 Å². The number of carbonyl (C=O) groups is 1. The number of nitrogens with one attached hydrogen (secondary N) is 1. The monoisotopic (exact) mass is 312 g/mol. The van der Waals surface area contributed by atoms with Crippen molar-refractivity contribution in [1.82, 2.24) is 0 Å². The summed E-state index contributed by atoms with van der Waals surface area (Å²) in [5.74, 6) is -0.122. The molecule has 0 bridgehead atoms. The molecule has 0 radical (unpaired) electrons. The third kappa shape index (κ3) is 4.82. The normalized spacial score (nSPS) is 13.0. The van der Waals surface area contributed by atoms with Gasteiger partial charge in [0.2, 0.25) is 15.9 Å². The summed E-state index contributed by atoms with van der Waals surface area (Å²) in [5, 5.41) is 7.99. The Bertz CT molecular complexity index is 597. The predicted molar refractivity (Wildman–Crippen MR) is 84.5 cm³/mol. The van der Waals surface area contributed by atoms with Gasteiger partial charge in [-0.25, -0.2) is 13.6 Å². The molecule has 0 fully saturated rings. The van der Waals surface area contributed by atoms with E-state index < -0.39 is 10.0 Å². The zero-order valence-electron chi connectivity index (χ0n) is 12.8. The topological polar surface area (TPSA) is 89.3 Å². The van der Waals surface area contributed by atoms with Gasteiger partial charge in [-0.05, 0) is 37.5 Å². The van der Waals surface area contributed by atoms with Gasteiger partial charge in [0, 0.05) is 11.6 Å². The molecular weight excluding hydrogens is 288 g/mol. The Labute approximate surface area is 127 Å². The highest BCUT2D eigenvalue weighted by atomic mass is 32.2. The molecule has 6 heteroatoms. The van der Waals surface area contributed by atoms with E-state index in [0.717, 1.165) is 25.7 Å². The lowest BCUT2D eigenvalue weighted by Gasteiger charge is -2.16. The number of hydrogen-bond acceptors (Lipinski definition) is 3. The van der Waals surface area contributed by atoms with Gasteiger partial charge < -0.3 is 5.32 Å². The molecule has 0 aliphatic heterocycles. The first kappa shape index (κ1) is 17.7. The molecule has 21 heavy (non-hydrogen) atoms. The summed E-state index contributed by atoms with van der Waals surface area (Å²) in [5.41, 5.74) is 0.972. The number of sulfonamides is 1. The first-order valence-corrected chi connectivity index (χ1v) is 8.79. The quantitative estimate of drug-likeness (QED) is 0.811. The molecule has 0 heterocycles. The first-order chi connectivity index (χ1) is 9.81. The van der Waals surface area contributed by atoms with E-state index in [4.69, 9.17) is 5.14 Å². The second-order valence-corrected chi connectivity index (χ2v) is 6.74. The highest BCUT2D eigenvalue weighted by Crippen LogP contribution is 2.23. The second-order valence-electron chi connectivity index (χ2n) is 5.21. The number of unbranched alkanes of at least 4 members (excludes halogenated alkanes) is 1. The van der Waals surface area contributed by atoms with Crippen LogP contribution in [0.5, 0.6) is 0 Å². The maximum atomic E-state index is 12.3. The maximum Gasteiger partial charge on any atom is 0.238 e. The van der Waals surface area contributed by atoms with E-state index in [1.165, 1.54) is 6.07 Å². The summed E-state index contributed by atoms with van der Waals surface area (Å²) in [6, 6.07) is 4.71. The largest absolute Gasteiger partial charge is 0.326 e. The average molecular weight is 312 g/mol. The van der Waals surface area contributed by atoms with Gasteiger partial charge in [-0.3, -0.25) is 4.79 Å². The molecule has 0 aromatic heterocycles. The minimum Gasteiger partial charge on any atom is -0.326 e. The van der Waals surface area contributed by atoms with Crippen LogP contribution in [0.3, 0.4) is 0 Å². The fourth-order valence-corrected chi connectivity index (χ4v) is 3.07. The fourth-order valence-electron chi connectivity index (χ4n) is 2.26. The van der Waals surface area contributed by atoms with Crippen LogP contribution in [0.2, 0.25) is 0 Å². The Morgan fingerprint density at radius 1 is 1.33 bits per heavy atom. The van der Waals surface area contributed by atoms with Crippen molar-refractivity contribution in [2.24, 2.45) is 11.1 Å². The van der Waals surface area contributed by atoms with Gasteiger partial charge in [0.15, 0.2) is 0 Å². The molecule has 0 aliphatic rings. The van der Waals surface area contributed by atoms with Crippen LogP contribution in [0.15, 0.2) is 23.1 Å². The molecule has 1 amide bonds. The molecule has 0 saturated heterocycles. The number of primary sulfonamides is 1. The van der Waals surface area contributed by atoms with Crippen LogP contribution in [0.25, 0.3) is 0 Å². The van der Waals surface area contributed by atoms with E-state index in [9.17, 15) is 13.2 Å². The van der Waals surface area contributed by atoms with Crippen LogP contribution in [0, 0.1) is 12.8 Å². The number of carbonyl (C=O) groups excluding carboxylic acids is 1. The van der Waals surface area contributed by atoms with Gasteiger partial charge in [0.25, 0.3) is 0 Å². The Hall–Kier alpha value is -1.40. The summed E-state index contributed by atoms with van der Waals surface area (Å²) in [7, 11) is -3.78. The van der Waals surface area contributed by atoms with E-state index in [2.05, 4.69) is 12.2 Å². The molecule has 1 unspecified atom stereocenters. The van der Waals surface area contributed by atoms with E-state index >= 15 is 0 Å². The van der Waals surface area contributed by atoms with Gasteiger partial charge in [-0.2, -0.15) is 0 Å². The molecule has 1 rings (SSSR count). The van der Waals surface area contributed by atoms with Gasteiger partial charge in [0.1, 0.15) is 0 Å². The van der Waals surface area contributed by atoms with Crippen LogP contribution < -0.4 is 10.5 Å². The molecule has 1 aromatic carbocycles. The van der Waals surface area contributed by atoms with Crippen LogP contribution in [0.4, 0.5) is 5.69 Å². The summed E-state index contributed by atoms with van der Waals surface area (Å²) in [6.07, 6.45) is 3.65. The number of anilines is 1. The summed E-state index contributed by atoms with van der Waals surface area (Å²) in [6.45, 7) is 5.71. The summed E-state index contributed by atoms with van der Waals surface area (Å²) < 4.78 is 23.0. The Kier molecular flexibility index (Phi) is 6.36. The summed E-state index contributed by atoms with van der Waals surface area (Å²) >= 11 is 0. The Morgan fingerprint density at radius 2 is 2.00 bits per heavy atom. The van der Waals surface area contributed by atoms with Crippen molar-refractivity contribution >= 4 is 21.6 Å². The van der Waals surface area contributed by atoms with Crippen molar-refractivity contribution < 1.29 is 13.2 Å². The zero-order valence-corrected chi connectivity index (χ0v) is 13.7. The first-order valence-electron chi connectivity index (χ1n) is 7.24. The van der Waals surface area contributed by atoms with Crippen molar-refractivity contribution in [3.8, 4) is 0 Å². The standard InChI is InChI=1S/C15H24N2O3S/c1-4-6-8-12(5-2)15(18)17-13-9-7-10-14(11(13)3)21(16,19)20/h7,9-10,12H,4-6,8H2,1-3H3,(H,17,18)(H2,16,19,20). The van der Waals surface area contributed by atoms with Crippen LogP contribution in [-0.2, 0) is 14.8 Å². The van der Waals surface area contributed by atoms with Gasteiger partial charge in [-0.1, -0.05) is 32.8 Å². The maximum absolute atomic E-state index is 12.3. The molecule has 0 saturated carbocycles. The molecule has 118 valence electrons. The Morgan fingerprint density at radius 3 is 2.52 bits per heavy atom. The van der Waals surface area contributed by atoms with Crippen molar-refractivity contribution in [3.05, 3.63) is 23.8 Å². The van der Waals surface area contributed by atoms with Crippen LogP contribution in [-0.4, -0.2) is 14.3 Å². The second kappa shape index (κ2) is 7.56. The third-order valence-electron chi connectivity index (χ3n) is 3.62. The number of hydrogen-bond donors (Lipinski definition) is 2. The van der Waals surface area contributed by atoms with Crippen molar-refractivity contribution in [1.29, 1.82) is 0 Å². The van der Waals surface area contributed by atoms with E-state index in [0.29, 0.717) is 11.3 Å². The molecule has 5 nitrogen and oxygen atoms in total. The average Bonchev–Trinajstić information content (AvgIpc) is 2.40. The van der Waals surface area contributed by atoms with Gasteiger partial charge in [-0.15, -0.1) is 0 Å². The van der Waals surface area contributed by atoms with Crippen molar-refractivity contribution in [3.63, 3.8) is 0 Å². The number of nitrogens with two attached hydrogens (primary N) is 1. The van der Waals surface area contributed by atoms with Gasteiger partial charge >= 0.3 is 0 Å². The Balaban J connectivity index is 2.95. The lowest BCUT2D eigenvalue weighted by atomic mass is 9.98. The minimum atomic E-state index is -3.78. The highest BCUT2D eigenvalue weighted by Gasteiger charge is 2.19. The van der Waals surface area contributed by atoms with E-state index in [1.807, 2.05) is 6.92 Å². The molecule has 1 atom stereocenters. The smallest absolute Gasteiger partial charge is 0.238 e. The molecule has 0 aliphatic carbocycles. The van der Waals surface area contributed by atoms with Gasteiger partial charge in [0.05, 0.1) is 4.90 Å². The van der Waals surface area contributed by atoms with E-state index in [1.54, 1.807) is 19.1 Å². The highest BCUT2D eigenvalue weighted by molar-refractivity contribution is 7.89. The van der Waals surface area contributed by atoms with Crippen molar-refractivity contribution in [2.75, 3.05) is 5.32 Å². The minimum absolute atomic E-state index is 0.0434. The summed E-state index contributed by atoms with van der Waals surface area (Å²) in [4.78, 5) is 12.3. The predicted octanol–water partition coefficient (Wildman–Crippen LogP) is 2.80. The number of benzene rings is 1. The third-order valence-corrected chi connectivity index (χ3v) is 4.67. The van der Waals surface area contributed by atoms with Crippen molar-refractivity contribution in [2.45, 2.75) is 51.3 Å². The molecular formula is C15H24N2O3S. The SMILES string of the molecule is CCCCC(CC)C(=O)Nc1cccc(S(N)(=O)=O)c1C. The lowest BCUT2D eigenvalue weighted by Crippen LogP contribution is -2.23. The zero-order chi connectivity index (χ0) is 16.0. The molecule has 0 spiro atoms. The number of amides is 1. The molecule has 1 aromatic rings. The number of rotatable bonds is 7.